The summed E-state index contributed by atoms with van der Waals surface area (Å²) in [6.07, 6.45) is 2.02. The molecular weight excluding hydrogens is 288 g/mol. The van der Waals surface area contributed by atoms with Crippen LogP contribution in [0.5, 0.6) is 0 Å². The van der Waals surface area contributed by atoms with Gasteiger partial charge in [0.25, 0.3) is 0 Å². The van der Waals surface area contributed by atoms with Gasteiger partial charge in [-0.25, -0.2) is 5.48 Å². The maximum atomic E-state index is 12.0. The number of hydrogen-bond acceptors (Lipinski definition) is 4. The second-order valence-corrected chi connectivity index (χ2v) is 4.88. The van der Waals surface area contributed by atoms with Crippen LogP contribution < -0.4 is 10.8 Å². The van der Waals surface area contributed by atoms with Gasteiger partial charge in [-0.1, -0.05) is 31.0 Å². The fraction of sp³-hybridized carbons (Fsp3) is 0.400. The summed E-state index contributed by atoms with van der Waals surface area (Å²) in [5, 5.41) is 20.1. The predicted octanol–water partition coefficient (Wildman–Crippen LogP) is 1.78. The SMILES string of the molecule is O=C(CCCCCC(C(=O)O)C(=O)Nc1ccccc1)NO. The highest BCUT2D eigenvalue weighted by Crippen LogP contribution is 2.15. The Kier molecular flexibility index (Phi) is 7.63. The van der Waals surface area contributed by atoms with Gasteiger partial charge in [0.1, 0.15) is 5.92 Å². The zero-order valence-electron chi connectivity index (χ0n) is 12.1. The third kappa shape index (κ3) is 6.36. The monoisotopic (exact) mass is 308 g/mol. The lowest BCUT2D eigenvalue weighted by molar-refractivity contribution is -0.145. The van der Waals surface area contributed by atoms with E-state index in [1.54, 1.807) is 30.3 Å². The zero-order chi connectivity index (χ0) is 16.4. The number of para-hydroxylation sites is 1. The van der Waals surface area contributed by atoms with E-state index in [9.17, 15) is 14.4 Å². The van der Waals surface area contributed by atoms with E-state index < -0.39 is 23.7 Å². The summed E-state index contributed by atoms with van der Waals surface area (Å²) in [6.45, 7) is 0. The van der Waals surface area contributed by atoms with Crippen LogP contribution in [0.1, 0.15) is 32.1 Å². The van der Waals surface area contributed by atoms with Crippen LogP contribution in [0.25, 0.3) is 0 Å². The Labute approximate surface area is 128 Å². The number of amides is 2. The Morgan fingerprint density at radius 3 is 2.32 bits per heavy atom. The summed E-state index contributed by atoms with van der Waals surface area (Å²) in [4.78, 5) is 34.0. The van der Waals surface area contributed by atoms with Crippen LogP contribution in [0.2, 0.25) is 0 Å². The van der Waals surface area contributed by atoms with Gasteiger partial charge in [0.2, 0.25) is 11.8 Å². The molecule has 0 bridgehead atoms. The van der Waals surface area contributed by atoms with Gasteiger partial charge in [0.05, 0.1) is 0 Å². The van der Waals surface area contributed by atoms with Crippen molar-refractivity contribution >= 4 is 23.5 Å². The van der Waals surface area contributed by atoms with Crippen molar-refractivity contribution in [3.63, 3.8) is 0 Å². The molecule has 1 atom stereocenters. The topological polar surface area (TPSA) is 116 Å². The number of rotatable bonds is 9. The highest BCUT2D eigenvalue weighted by molar-refractivity contribution is 6.04. The van der Waals surface area contributed by atoms with Gasteiger partial charge in [-0.05, 0) is 25.0 Å². The van der Waals surface area contributed by atoms with Crippen LogP contribution >= 0.6 is 0 Å². The Morgan fingerprint density at radius 1 is 1.05 bits per heavy atom. The largest absolute Gasteiger partial charge is 0.481 e. The molecule has 1 aromatic carbocycles. The Bertz CT molecular complexity index is 504. The number of hydroxylamine groups is 1. The predicted molar refractivity (Wildman–Crippen MR) is 79.2 cm³/mol. The fourth-order valence-electron chi connectivity index (χ4n) is 1.98. The lowest BCUT2D eigenvalue weighted by Gasteiger charge is -2.12. The van der Waals surface area contributed by atoms with Gasteiger partial charge in [0.15, 0.2) is 0 Å². The Balaban J connectivity index is 2.40. The van der Waals surface area contributed by atoms with Crippen LogP contribution in [-0.4, -0.2) is 28.1 Å². The number of unbranched alkanes of at least 4 members (excludes halogenated alkanes) is 2. The average molecular weight is 308 g/mol. The van der Waals surface area contributed by atoms with Gasteiger partial charge >= 0.3 is 5.97 Å². The molecule has 0 aliphatic heterocycles. The third-order valence-electron chi connectivity index (χ3n) is 3.18. The van der Waals surface area contributed by atoms with Crippen molar-refractivity contribution in [2.24, 2.45) is 5.92 Å². The number of hydrogen-bond donors (Lipinski definition) is 4. The lowest BCUT2D eigenvalue weighted by atomic mass is 9.99. The van der Waals surface area contributed by atoms with E-state index in [4.69, 9.17) is 10.3 Å². The van der Waals surface area contributed by atoms with E-state index in [0.717, 1.165) is 0 Å². The number of anilines is 1. The molecule has 1 unspecified atom stereocenters. The van der Waals surface area contributed by atoms with Gasteiger partial charge in [-0.15, -0.1) is 0 Å². The first-order valence-electron chi connectivity index (χ1n) is 7.06. The van der Waals surface area contributed by atoms with E-state index in [0.29, 0.717) is 24.9 Å². The smallest absolute Gasteiger partial charge is 0.316 e. The van der Waals surface area contributed by atoms with Gasteiger partial charge in [0, 0.05) is 12.1 Å². The molecule has 0 saturated carbocycles. The summed E-state index contributed by atoms with van der Waals surface area (Å²) in [5.41, 5.74) is 2.09. The van der Waals surface area contributed by atoms with Crippen molar-refractivity contribution < 1.29 is 24.7 Å². The third-order valence-corrected chi connectivity index (χ3v) is 3.18. The van der Waals surface area contributed by atoms with Crippen molar-refractivity contribution in [3.05, 3.63) is 30.3 Å². The first kappa shape index (κ1) is 17.6. The van der Waals surface area contributed by atoms with Crippen molar-refractivity contribution in [1.82, 2.24) is 5.48 Å². The first-order chi connectivity index (χ1) is 10.5. The molecule has 1 aromatic rings. The maximum Gasteiger partial charge on any atom is 0.316 e. The summed E-state index contributed by atoms with van der Waals surface area (Å²) < 4.78 is 0. The molecule has 0 heterocycles. The minimum absolute atomic E-state index is 0.171. The molecule has 0 radical (unpaired) electrons. The summed E-state index contributed by atoms with van der Waals surface area (Å²) in [7, 11) is 0. The quantitative estimate of drug-likeness (QED) is 0.240. The van der Waals surface area contributed by atoms with Crippen molar-refractivity contribution in [2.45, 2.75) is 32.1 Å². The van der Waals surface area contributed by atoms with Gasteiger partial charge in [-0.3, -0.25) is 19.6 Å². The molecule has 0 aliphatic carbocycles. The summed E-state index contributed by atoms with van der Waals surface area (Å²) in [6, 6.07) is 8.66. The number of nitrogens with one attached hydrogen (secondary N) is 2. The number of carbonyl (C=O) groups excluding carboxylic acids is 2. The second-order valence-electron chi connectivity index (χ2n) is 4.88. The molecule has 120 valence electrons. The number of carboxylic acid groups (broad SMARTS) is 1. The minimum Gasteiger partial charge on any atom is -0.481 e. The number of aliphatic carboxylic acids is 1. The molecule has 0 fully saturated rings. The fourth-order valence-corrected chi connectivity index (χ4v) is 1.98. The van der Waals surface area contributed by atoms with E-state index in [1.807, 2.05) is 0 Å². The van der Waals surface area contributed by atoms with Crippen LogP contribution in [0, 0.1) is 5.92 Å². The molecule has 0 aliphatic rings. The molecule has 0 aromatic heterocycles. The van der Waals surface area contributed by atoms with E-state index in [-0.39, 0.29) is 12.8 Å². The second kappa shape index (κ2) is 9.51. The normalized spacial score (nSPS) is 11.5. The molecule has 0 spiro atoms. The molecule has 7 nitrogen and oxygen atoms in total. The molecule has 2 amide bonds. The standard InChI is InChI=1S/C15H20N2O5/c18-13(17-22)10-6-2-5-9-12(15(20)21)14(19)16-11-7-3-1-4-8-11/h1,3-4,7-8,12,22H,2,5-6,9-10H2,(H,16,19)(H,17,18)(H,20,21). The van der Waals surface area contributed by atoms with E-state index >= 15 is 0 Å². The lowest BCUT2D eigenvalue weighted by Crippen LogP contribution is -2.29. The average Bonchev–Trinajstić information content (AvgIpc) is 2.50. The number of carboxylic acids is 1. The highest BCUT2D eigenvalue weighted by Gasteiger charge is 2.25. The number of benzene rings is 1. The van der Waals surface area contributed by atoms with Crippen LogP contribution in [0.4, 0.5) is 5.69 Å². The van der Waals surface area contributed by atoms with E-state index in [1.165, 1.54) is 5.48 Å². The van der Waals surface area contributed by atoms with Crippen LogP contribution in [0.3, 0.4) is 0 Å². The van der Waals surface area contributed by atoms with Crippen molar-refractivity contribution in [3.8, 4) is 0 Å². The van der Waals surface area contributed by atoms with Crippen molar-refractivity contribution in [2.75, 3.05) is 5.32 Å². The molecular formula is C15H20N2O5. The van der Waals surface area contributed by atoms with Crippen LogP contribution in [0.15, 0.2) is 30.3 Å². The van der Waals surface area contributed by atoms with Crippen LogP contribution in [-0.2, 0) is 14.4 Å². The summed E-state index contributed by atoms with van der Waals surface area (Å²) >= 11 is 0. The molecule has 4 N–H and O–H groups in total. The van der Waals surface area contributed by atoms with Gasteiger partial charge < -0.3 is 10.4 Å². The highest BCUT2D eigenvalue weighted by atomic mass is 16.5. The molecule has 7 heteroatoms. The van der Waals surface area contributed by atoms with Gasteiger partial charge in [-0.2, -0.15) is 0 Å². The molecule has 0 saturated heterocycles. The zero-order valence-corrected chi connectivity index (χ0v) is 12.1. The van der Waals surface area contributed by atoms with E-state index in [2.05, 4.69) is 5.32 Å². The molecule has 22 heavy (non-hydrogen) atoms. The molecule has 1 rings (SSSR count). The Morgan fingerprint density at radius 2 is 1.73 bits per heavy atom. The van der Waals surface area contributed by atoms with Crippen molar-refractivity contribution in [1.29, 1.82) is 0 Å². The number of carbonyl (C=O) groups is 3. The Hall–Kier alpha value is -2.41. The maximum absolute atomic E-state index is 12.0. The summed E-state index contributed by atoms with van der Waals surface area (Å²) in [5.74, 6) is -3.31. The minimum atomic E-state index is -1.17. The first-order valence-corrected chi connectivity index (χ1v) is 7.06.